The summed E-state index contributed by atoms with van der Waals surface area (Å²) in [6, 6.07) is 1.58. The van der Waals surface area contributed by atoms with E-state index in [1.54, 1.807) is 6.07 Å². The molecule has 2 atom stereocenters. The number of rotatable bonds is 4. The van der Waals surface area contributed by atoms with E-state index in [1.165, 1.54) is 0 Å². The molecule has 6 nitrogen and oxygen atoms in total. The minimum absolute atomic E-state index is 0.0331. The Kier molecular flexibility index (Phi) is 3.89. The van der Waals surface area contributed by atoms with Gasteiger partial charge in [0, 0.05) is 18.0 Å². The molecule has 1 fully saturated rings. The Morgan fingerprint density at radius 1 is 1.56 bits per heavy atom. The minimum atomic E-state index is -0.335. The molecule has 18 heavy (non-hydrogen) atoms. The van der Waals surface area contributed by atoms with Crippen molar-refractivity contribution in [3.05, 3.63) is 11.2 Å². The Morgan fingerprint density at radius 3 is 2.89 bits per heavy atom. The molecular formula is C11H17ClN4O2. The predicted octanol–water partition coefficient (Wildman–Crippen LogP) is 0.648. The molecule has 0 amide bonds. The van der Waals surface area contributed by atoms with Crippen LogP contribution < -0.4 is 11.1 Å². The topological polar surface area (TPSA) is 104 Å². The minimum Gasteiger partial charge on any atom is -0.396 e. The lowest BCUT2D eigenvalue weighted by molar-refractivity contribution is 0.112. The summed E-state index contributed by atoms with van der Waals surface area (Å²) in [5.41, 5.74) is 5.19. The number of aromatic nitrogens is 2. The van der Waals surface area contributed by atoms with E-state index in [-0.39, 0.29) is 29.2 Å². The number of nitrogens with two attached hydrogens (primary N) is 1. The van der Waals surface area contributed by atoms with Crippen LogP contribution in [-0.2, 0) is 0 Å². The first-order chi connectivity index (χ1) is 8.53. The molecule has 0 aliphatic heterocycles. The van der Waals surface area contributed by atoms with Crippen molar-refractivity contribution < 1.29 is 10.2 Å². The number of nitrogens with one attached hydrogen (secondary N) is 1. The van der Waals surface area contributed by atoms with Crippen LogP contribution in [0.4, 0.5) is 11.8 Å². The van der Waals surface area contributed by atoms with Crippen molar-refractivity contribution in [2.45, 2.75) is 25.4 Å². The monoisotopic (exact) mass is 272 g/mol. The molecule has 100 valence electrons. The van der Waals surface area contributed by atoms with Crippen LogP contribution in [0.25, 0.3) is 0 Å². The van der Waals surface area contributed by atoms with E-state index in [4.69, 9.17) is 17.3 Å². The van der Waals surface area contributed by atoms with Crippen molar-refractivity contribution in [3.63, 3.8) is 0 Å². The molecule has 1 heterocycles. The first-order valence-corrected chi connectivity index (χ1v) is 6.24. The van der Waals surface area contributed by atoms with E-state index < -0.39 is 0 Å². The summed E-state index contributed by atoms with van der Waals surface area (Å²) in [5.74, 6) is 0.635. The highest BCUT2D eigenvalue weighted by atomic mass is 35.5. The van der Waals surface area contributed by atoms with Crippen LogP contribution in [0.15, 0.2) is 6.07 Å². The fraction of sp³-hybridized carbons (Fsp3) is 0.636. The van der Waals surface area contributed by atoms with E-state index in [1.807, 2.05) is 0 Å². The second-order valence-electron chi connectivity index (χ2n) is 4.84. The average Bonchev–Trinajstić information content (AvgIpc) is 2.68. The van der Waals surface area contributed by atoms with Crippen molar-refractivity contribution in [2.24, 2.45) is 5.41 Å². The Bertz CT molecular complexity index is 411. The van der Waals surface area contributed by atoms with Crippen LogP contribution >= 0.6 is 11.6 Å². The third-order valence-electron chi connectivity index (χ3n) is 3.37. The van der Waals surface area contributed by atoms with E-state index in [0.29, 0.717) is 18.8 Å². The summed E-state index contributed by atoms with van der Waals surface area (Å²) >= 11 is 5.78. The molecular weight excluding hydrogens is 256 g/mol. The van der Waals surface area contributed by atoms with E-state index in [2.05, 4.69) is 15.3 Å². The zero-order valence-corrected chi connectivity index (χ0v) is 10.7. The number of hydrogen-bond acceptors (Lipinski definition) is 6. The Hall–Kier alpha value is -1.11. The first kappa shape index (κ1) is 13.3. The van der Waals surface area contributed by atoms with Crippen LogP contribution in [0.3, 0.4) is 0 Å². The quantitative estimate of drug-likeness (QED) is 0.600. The maximum atomic E-state index is 9.58. The third-order valence-corrected chi connectivity index (χ3v) is 3.56. The molecule has 7 heteroatoms. The Labute approximate surface area is 110 Å². The number of hydrogen-bond donors (Lipinski definition) is 4. The molecule has 0 radical (unpaired) electrons. The summed E-state index contributed by atoms with van der Waals surface area (Å²) in [5, 5.41) is 22.4. The molecule has 2 rings (SSSR count). The highest BCUT2D eigenvalue weighted by molar-refractivity contribution is 6.29. The van der Waals surface area contributed by atoms with E-state index >= 15 is 0 Å². The van der Waals surface area contributed by atoms with Crippen LogP contribution in [-0.4, -0.2) is 39.4 Å². The number of anilines is 2. The van der Waals surface area contributed by atoms with Gasteiger partial charge in [-0.2, -0.15) is 4.98 Å². The van der Waals surface area contributed by atoms with Gasteiger partial charge in [0.2, 0.25) is 5.95 Å². The number of aliphatic hydroxyl groups excluding tert-OH is 2. The summed E-state index contributed by atoms with van der Waals surface area (Å²) in [6.07, 6.45) is 1.75. The summed E-state index contributed by atoms with van der Waals surface area (Å²) < 4.78 is 0. The largest absolute Gasteiger partial charge is 0.396 e. The lowest BCUT2D eigenvalue weighted by atomic mass is 9.87. The van der Waals surface area contributed by atoms with Gasteiger partial charge < -0.3 is 21.3 Å². The molecule has 0 spiro atoms. The van der Waals surface area contributed by atoms with Gasteiger partial charge in [-0.3, -0.25) is 0 Å². The summed E-state index contributed by atoms with van der Waals surface area (Å²) in [6.45, 7) is 0.554. The molecule has 5 N–H and O–H groups in total. The van der Waals surface area contributed by atoms with Crippen LogP contribution in [0, 0.1) is 5.41 Å². The van der Waals surface area contributed by atoms with E-state index in [0.717, 1.165) is 12.8 Å². The molecule has 2 unspecified atom stereocenters. The van der Waals surface area contributed by atoms with Crippen molar-refractivity contribution >= 4 is 23.4 Å². The normalized spacial score (nSPS) is 27.4. The van der Waals surface area contributed by atoms with Gasteiger partial charge in [-0.15, -0.1) is 0 Å². The average molecular weight is 273 g/mol. The lowest BCUT2D eigenvalue weighted by Crippen LogP contribution is -2.31. The maximum absolute atomic E-state index is 9.58. The van der Waals surface area contributed by atoms with Gasteiger partial charge in [-0.25, -0.2) is 4.98 Å². The second-order valence-corrected chi connectivity index (χ2v) is 5.23. The highest BCUT2D eigenvalue weighted by Gasteiger charge is 2.37. The van der Waals surface area contributed by atoms with Crippen molar-refractivity contribution in [3.8, 4) is 0 Å². The molecule has 0 bridgehead atoms. The summed E-state index contributed by atoms with van der Waals surface area (Å²) in [7, 11) is 0. The third kappa shape index (κ3) is 3.01. The second kappa shape index (κ2) is 5.26. The van der Waals surface area contributed by atoms with Gasteiger partial charge in [-0.05, 0) is 19.3 Å². The van der Waals surface area contributed by atoms with Crippen LogP contribution in [0.1, 0.15) is 19.3 Å². The Morgan fingerprint density at radius 2 is 2.33 bits per heavy atom. The molecule has 0 saturated heterocycles. The Balaban J connectivity index is 2.02. The van der Waals surface area contributed by atoms with Gasteiger partial charge in [-0.1, -0.05) is 11.6 Å². The van der Waals surface area contributed by atoms with Crippen molar-refractivity contribution in [1.29, 1.82) is 0 Å². The van der Waals surface area contributed by atoms with E-state index in [9.17, 15) is 10.2 Å². The van der Waals surface area contributed by atoms with Gasteiger partial charge in [0.15, 0.2) is 0 Å². The number of halogens is 1. The lowest BCUT2D eigenvalue weighted by Gasteiger charge is -2.27. The molecule has 1 aliphatic carbocycles. The van der Waals surface area contributed by atoms with Crippen LogP contribution in [0.5, 0.6) is 0 Å². The molecule has 1 aromatic heterocycles. The van der Waals surface area contributed by atoms with Gasteiger partial charge in [0.05, 0.1) is 12.7 Å². The van der Waals surface area contributed by atoms with Gasteiger partial charge >= 0.3 is 0 Å². The molecule has 0 aromatic carbocycles. The van der Waals surface area contributed by atoms with Crippen molar-refractivity contribution in [2.75, 3.05) is 24.2 Å². The first-order valence-electron chi connectivity index (χ1n) is 5.86. The zero-order valence-electron chi connectivity index (χ0n) is 9.93. The van der Waals surface area contributed by atoms with Crippen molar-refractivity contribution in [1.82, 2.24) is 9.97 Å². The SMILES string of the molecule is Nc1nc(Cl)cc(NCC2(CO)CCC(O)C2)n1. The summed E-state index contributed by atoms with van der Waals surface area (Å²) in [4.78, 5) is 7.77. The number of nitrogen functional groups attached to an aromatic ring is 1. The fourth-order valence-corrected chi connectivity index (χ4v) is 2.53. The fourth-order valence-electron chi connectivity index (χ4n) is 2.34. The standard InChI is InChI=1S/C11H17ClN4O2/c12-8-3-9(16-10(13)15-8)14-5-11(6-17)2-1-7(18)4-11/h3,7,17-18H,1-2,4-6H2,(H3,13,14,15,16). The van der Waals surface area contributed by atoms with Crippen LogP contribution in [0.2, 0.25) is 5.15 Å². The molecule has 1 aliphatic rings. The zero-order chi connectivity index (χ0) is 13.2. The predicted molar refractivity (Wildman–Crippen MR) is 69.3 cm³/mol. The highest BCUT2D eigenvalue weighted by Crippen LogP contribution is 2.37. The maximum Gasteiger partial charge on any atom is 0.223 e. The molecule has 1 aromatic rings. The molecule has 1 saturated carbocycles. The van der Waals surface area contributed by atoms with Gasteiger partial charge in [0.25, 0.3) is 0 Å². The number of nitrogens with zero attached hydrogens (tertiary/aromatic N) is 2. The number of aliphatic hydroxyl groups is 2. The van der Waals surface area contributed by atoms with Gasteiger partial charge in [0.1, 0.15) is 11.0 Å². The smallest absolute Gasteiger partial charge is 0.223 e.